The lowest BCUT2D eigenvalue weighted by molar-refractivity contribution is -0.144. The lowest BCUT2D eigenvalue weighted by Crippen LogP contribution is -2.31. The molecule has 1 N–H and O–H groups in total. The monoisotopic (exact) mass is 278 g/mol. The van der Waals surface area contributed by atoms with Crippen molar-refractivity contribution >= 4 is 5.91 Å². The zero-order chi connectivity index (χ0) is 14.5. The number of carbonyl (C=O) groups is 1. The summed E-state index contributed by atoms with van der Waals surface area (Å²) in [4.78, 5) is 15.5. The Bertz CT molecular complexity index is 416. The number of hydrogen-bond donors (Lipinski definition) is 1. The molecule has 0 aromatic carbocycles. The smallest absolute Gasteiger partial charge is 0.346 e. The van der Waals surface area contributed by atoms with E-state index in [1.165, 1.54) is 6.33 Å². The molecule has 1 atom stereocenters. The normalized spacial score (nSPS) is 13.3. The van der Waals surface area contributed by atoms with Crippen LogP contribution in [0, 0.1) is 0 Å². The molecule has 0 spiro atoms. The summed E-state index contributed by atoms with van der Waals surface area (Å²) < 4.78 is 37.7. The third kappa shape index (κ3) is 4.88. The highest BCUT2D eigenvalue weighted by atomic mass is 19.4. The van der Waals surface area contributed by atoms with Gasteiger partial charge in [-0.25, -0.2) is 9.67 Å². The summed E-state index contributed by atoms with van der Waals surface area (Å²) in [7, 11) is 0. The largest absolute Gasteiger partial charge is 0.389 e. The molecule has 0 aliphatic heterocycles. The molecule has 0 aliphatic rings. The number of nitrogens with one attached hydrogen (secondary N) is 1. The lowest BCUT2D eigenvalue weighted by Gasteiger charge is -2.17. The molecule has 0 bridgehead atoms. The summed E-state index contributed by atoms with van der Waals surface area (Å²) in [6, 6.07) is -0.414. The Morgan fingerprint density at radius 1 is 1.47 bits per heavy atom. The molecule has 0 saturated heterocycles. The lowest BCUT2D eigenvalue weighted by atomic mass is 10.2. The standard InChI is InChI=1S/C11H17F3N4O/c1-3-8(10-15-7-16-18(10)4-2)17-9(19)5-6-11(12,13)14/h7-8H,3-6H2,1-2H3,(H,17,19)/t8-/m1/s1. The molecule has 8 heteroatoms. The Morgan fingerprint density at radius 3 is 2.68 bits per heavy atom. The second kappa shape index (κ2) is 6.53. The first-order chi connectivity index (χ1) is 8.87. The van der Waals surface area contributed by atoms with E-state index in [9.17, 15) is 18.0 Å². The topological polar surface area (TPSA) is 59.8 Å². The van der Waals surface area contributed by atoms with Gasteiger partial charge in [0.05, 0.1) is 12.5 Å². The number of amides is 1. The molecule has 1 amide bonds. The van der Waals surface area contributed by atoms with E-state index in [4.69, 9.17) is 0 Å². The maximum atomic E-state index is 12.0. The molecule has 1 rings (SSSR count). The number of carbonyl (C=O) groups excluding carboxylic acids is 1. The Kier molecular flexibility index (Phi) is 5.31. The Balaban J connectivity index is 2.60. The van der Waals surface area contributed by atoms with Crippen LogP contribution in [0.25, 0.3) is 0 Å². The molecule has 5 nitrogen and oxygen atoms in total. The van der Waals surface area contributed by atoms with Crippen molar-refractivity contribution in [2.24, 2.45) is 0 Å². The highest BCUT2D eigenvalue weighted by molar-refractivity contribution is 5.76. The van der Waals surface area contributed by atoms with Gasteiger partial charge in [0.15, 0.2) is 0 Å². The Morgan fingerprint density at radius 2 is 2.16 bits per heavy atom. The van der Waals surface area contributed by atoms with Crippen molar-refractivity contribution in [3.05, 3.63) is 12.2 Å². The number of rotatable bonds is 6. The molecule has 0 saturated carbocycles. The second-order valence-corrected chi connectivity index (χ2v) is 4.08. The SMILES string of the molecule is CC[C@@H](NC(=O)CCC(F)(F)F)c1ncnn1CC. The van der Waals surface area contributed by atoms with Crippen molar-refractivity contribution in [3.63, 3.8) is 0 Å². The van der Waals surface area contributed by atoms with E-state index in [-0.39, 0.29) is 0 Å². The van der Waals surface area contributed by atoms with Crippen molar-refractivity contribution < 1.29 is 18.0 Å². The van der Waals surface area contributed by atoms with Crippen LogP contribution in [0.1, 0.15) is 45.0 Å². The summed E-state index contributed by atoms with van der Waals surface area (Å²) >= 11 is 0. The fraction of sp³-hybridized carbons (Fsp3) is 0.727. The number of nitrogens with zero attached hydrogens (tertiary/aromatic N) is 3. The predicted octanol–water partition coefficient (Wildman–Crippen LogP) is 2.21. The molecule has 1 aromatic heterocycles. The molecule has 0 unspecified atom stereocenters. The summed E-state index contributed by atoms with van der Waals surface area (Å²) in [6.45, 7) is 4.28. The van der Waals surface area contributed by atoms with Crippen molar-refractivity contribution in [1.82, 2.24) is 20.1 Å². The minimum atomic E-state index is -4.32. The fourth-order valence-electron chi connectivity index (χ4n) is 1.66. The third-order valence-corrected chi connectivity index (χ3v) is 2.64. The van der Waals surface area contributed by atoms with Gasteiger partial charge in [0, 0.05) is 13.0 Å². The van der Waals surface area contributed by atoms with Gasteiger partial charge in [-0.05, 0) is 13.3 Å². The van der Waals surface area contributed by atoms with Crippen LogP contribution in [-0.2, 0) is 11.3 Å². The number of halogens is 3. The number of aromatic nitrogens is 3. The molecular weight excluding hydrogens is 261 g/mol. The van der Waals surface area contributed by atoms with E-state index in [2.05, 4.69) is 15.4 Å². The van der Waals surface area contributed by atoms with Gasteiger partial charge in [0.25, 0.3) is 0 Å². The first kappa shape index (κ1) is 15.5. The van der Waals surface area contributed by atoms with Crippen molar-refractivity contribution in [2.75, 3.05) is 0 Å². The van der Waals surface area contributed by atoms with Crippen LogP contribution in [0.2, 0.25) is 0 Å². The zero-order valence-corrected chi connectivity index (χ0v) is 10.9. The molecule has 108 valence electrons. The first-order valence-electron chi connectivity index (χ1n) is 6.11. The average molecular weight is 278 g/mol. The molecular formula is C11H17F3N4O. The Hall–Kier alpha value is -1.60. The number of hydrogen-bond acceptors (Lipinski definition) is 3. The average Bonchev–Trinajstić information content (AvgIpc) is 2.80. The summed E-state index contributed by atoms with van der Waals surface area (Å²) in [5.41, 5.74) is 0. The van der Waals surface area contributed by atoms with Gasteiger partial charge >= 0.3 is 6.18 Å². The van der Waals surface area contributed by atoms with Crippen LogP contribution in [0.3, 0.4) is 0 Å². The summed E-state index contributed by atoms with van der Waals surface area (Å²) in [5.74, 6) is -0.0693. The highest BCUT2D eigenvalue weighted by Gasteiger charge is 2.28. The van der Waals surface area contributed by atoms with Gasteiger partial charge in [-0.3, -0.25) is 4.79 Å². The van der Waals surface area contributed by atoms with E-state index in [0.29, 0.717) is 18.8 Å². The summed E-state index contributed by atoms with van der Waals surface area (Å²) in [5, 5.41) is 6.52. The predicted molar refractivity (Wildman–Crippen MR) is 62.2 cm³/mol. The maximum Gasteiger partial charge on any atom is 0.389 e. The van der Waals surface area contributed by atoms with Gasteiger partial charge in [-0.2, -0.15) is 18.3 Å². The van der Waals surface area contributed by atoms with Gasteiger partial charge < -0.3 is 5.32 Å². The third-order valence-electron chi connectivity index (χ3n) is 2.64. The van der Waals surface area contributed by atoms with Gasteiger partial charge in [-0.1, -0.05) is 6.92 Å². The van der Waals surface area contributed by atoms with Crippen LogP contribution < -0.4 is 5.32 Å². The van der Waals surface area contributed by atoms with E-state index in [0.717, 1.165) is 0 Å². The van der Waals surface area contributed by atoms with Crippen LogP contribution >= 0.6 is 0 Å². The number of aryl methyl sites for hydroxylation is 1. The molecule has 0 radical (unpaired) electrons. The first-order valence-corrected chi connectivity index (χ1v) is 6.11. The van der Waals surface area contributed by atoms with Crippen LogP contribution in [-0.4, -0.2) is 26.8 Å². The second-order valence-electron chi connectivity index (χ2n) is 4.08. The zero-order valence-electron chi connectivity index (χ0n) is 10.9. The molecule has 19 heavy (non-hydrogen) atoms. The molecule has 1 aromatic rings. The molecule has 0 aliphatic carbocycles. The maximum absolute atomic E-state index is 12.0. The van der Waals surface area contributed by atoms with E-state index < -0.39 is 31.0 Å². The van der Waals surface area contributed by atoms with Crippen molar-refractivity contribution in [3.8, 4) is 0 Å². The van der Waals surface area contributed by atoms with Gasteiger partial charge in [0.1, 0.15) is 12.2 Å². The minimum absolute atomic E-state index is 0.414. The van der Waals surface area contributed by atoms with Gasteiger partial charge in [-0.15, -0.1) is 0 Å². The van der Waals surface area contributed by atoms with Crippen molar-refractivity contribution in [1.29, 1.82) is 0 Å². The van der Waals surface area contributed by atoms with Crippen LogP contribution in [0.4, 0.5) is 13.2 Å². The summed E-state index contributed by atoms with van der Waals surface area (Å²) in [6.07, 6.45) is -4.10. The van der Waals surface area contributed by atoms with Crippen molar-refractivity contribution in [2.45, 2.75) is 51.9 Å². The van der Waals surface area contributed by atoms with E-state index in [1.54, 1.807) is 4.68 Å². The minimum Gasteiger partial charge on any atom is -0.346 e. The van der Waals surface area contributed by atoms with E-state index >= 15 is 0 Å². The quantitative estimate of drug-likeness (QED) is 0.868. The highest BCUT2D eigenvalue weighted by Crippen LogP contribution is 2.21. The molecule has 0 fully saturated rings. The number of alkyl halides is 3. The van der Waals surface area contributed by atoms with Crippen LogP contribution in [0.5, 0.6) is 0 Å². The molecule has 1 heterocycles. The van der Waals surface area contributed by atoms with Crippen LogP contribution in [0.15, 0.2) is 6.33 Å². The van der Waals surface area contributed by atoms with E-state index in [1.807, 2.05) is 13.8 Å². The Labute approximate surface area is 109 Å². The van der Waals surface area contributed by atoms with Gasteiger partial charge in [0.2, 0.25) is 5.91 Å². The fourth-order valence-corrected chi connectivity index (χ4v) is 1.66.